The smallest absolute Gasteiger partial charge is 0.257 e. The van der Waals surface area contributed by atoms with Crippen LogP contribution < -0.4 is 10.2 Å². The number of hydrogen-bond donors (Lipinski definition) is 1. The van der Waals surface area contributed by atoms with Gasteiger partial charge in [0.25, 0.3) is 5.91 Å². The number of fused-ring (bicyclic) bond motifs is 1. The number of carbonyl (C=O) groups is 1. The zero-order valence-corrected chi connectivity index (χ0v) is 20.3. The first-order valence-electron chi connectivity index (χ1n) is 11.7. The lowest BCUT2D eigenvalue weighted by Crippen LogP contribution is -2.44. The van der Waals surface area contributed by atoms with Crippen LogP contribution in [0, 0.1) is 6.92 Å². The first kappa shape index (κ1) is 22.9. The van der Waals surface area contributed by atoms with Crippen molar-refractivity contribution in [3.8, 4) is 11.3 Å². The minimum atomic E-state index is -0.215. The average Bonchev–Trinajstić information content (AvgIpc) is 3.42. The number of aromatic nitrogens is 1. The van der Waals surface area contributed by atoms with Gasteiger partial charge in [0.05, 0.1) is 24.3 Å². The Morgan fingerprint density at radius 2 is 1.97 bits per heavy atom. The summed E-state index contributed by atoms with van der Waals surface area (Å²) < 4.78 is 11.0. The number of rotatable bonds is 6. The molecule has 0 spiro atoms. The van der Waals surface area contributed by atoms with E-state index in [9.17, 15) is 4.79 Å². The summed E-state index contributed by atoms with van der Waals surface area (Å²) in [5.41, 5.74) is 5.43. The zero-order valence-electron chi connectivity index (χ0n) is 19.5. The number of benzene rings is 2. The van der Waals surface area contributed by atoms with Crippen LogP contribution in [-0.4, -0.2) is 62.4 Å². The summed E-state index contributed by atoms with van der Waals surface area (Å²) in [6, 6.07) is 14.1. The van der Waals surface area contributed by atoms with Crippen molar-refractivity contribution in [1.29, 1.82) is 0 Å². The highest BCUT2D eigenvalue weighted by molar-refractivity contribution is 6.33. The summed E-state index contributed by atoms with van der Waals surface area (Å²) in [4.78, 5) is 18.1. The van der Waals surface area contributed by atoms with Gasteiger partial charge >= 0.3 is 0 Å². The Kier molecular flexibility index (Phi) is 6.59. The van der Waals surface area contributed by atoms with Gasteiger partial charge in [-0.1, -0.05) is 47.1 Å². The molecule has 1 atom stereocenters. The van der Waals surface area contributed by atoms with Crippen LogP contribution in [0.2, 0.25) is 5.02 Å². The molecule has 1 saturated heterocycles. The molecule has 3 aromatic rings. The normalized spacial score (nSPS) is 17.0. The number of carbonyl (C=O) groups excluding carboxylic acids is 1. The largest absolute Gasteiger partial charge is 0.379 e. The second-order valence-electron chi connectivity index (χ2n) is 8.88. The average molecular weight is 481 g/mol. The summed E-state index contributed by atoms with van der Waals surface area (Å²) in [6.07, 6.45) is 1.04. The van der Waals surface area contributed by atoms with Crippen LogP contribution in [0.4, 0.5) is 5.69 Å². The van der Waals surface area contributed by atoms with Crippen molar-refractivity contribution in [2.75, 3.05) is 51.3 Å². The van der Waals surface area contributed by atoms with E-state index in [2.05, 4.69) is 45.5 Å². The van der Waals surface area contributed by atoms with Gasteiger partial charge < -0.3 is 19.5 Å². The lowest BCUT2D eigenvalue weighted by atomic mass is 10.00. The maximum absolute atomic E-state index is 13.4. The maximum atomic E-state index is 13.4. The molecule has 0 saturated carbocycles. The molecule has 2 aromatic carbocycles. The number of aryl methyl sites for hydroxylation is 1. The predicted octanol–water partition coefficient (Wildman–Crippen LogP) is 4.10. The molecule has 3 heterocycles. The van der Waals surface area contributed by atoms with Crippen molar-refractivity contribution in [3.05, 3.63) is 69.9 Å². The van der Waals surface area contributed by atoms with Crippen LogP contribution in [0.5, 0.6) is 0 Å². The molecule has 5 rings (SSSR count). The van der Waals surface area contributed by atoms with Crippen LogP contribution >= 0.6 is 11.6 Å². The van der Waals surface area contributed by atoms with Gasteiger partial charge in [-0.2, -0.15) is 0 Å². The topological polar surface area (TPSA) is 70.8 Å². The van der Waals surface area contributed by atoms with Crippen LogP contribution in [0.1, 0.15) is 33.3 Å². The number of halogens is 1. The molecule has 2 aliphatic rings. The van der Waals surface area contributed by atoms with E-state index in [1.165, 1.54) is 16.8 Å². The Morgan fingerprint density at radius 3 is 2.76 bits per heavy atom. The second kappa shape index (κ2) is 9.78. The number of nitrogens with one attached hydrogen (secondary N) is 1. The first-order valence-corrected chi connectivity index (χ1v) is 12.1. The summed E-state index contributed by atoms with van der Waals surface area (Å²) in [7, 11) is 2.13. The van der Waals surface area contributed by atoms with Crippen LogP contribution in [0.15, 0.2) is 47.0 Å². The quantitative estimate of drug-likeness (QED) is 0.572. The molecule has 0 radical (unpaired) electrons. The molecule has 1 amide bonds. The minimum Gasteiger partial charge on any atom is -0.379 e. The number of nitrogens with zero attached hydrogens (tertiary/aromatic N) is 3. The molecular weight excluding hydrogens is 452 g/mol. The lowest BCUT2D eigenvalue weighted by molar-refractivity contribution is 0.0162. The summed E-state index contributed by atoms with van der Waals surface area (Å²) in [6.45, 7) is 6.30. The Hall–Kier alpha value is -2.87. The third kappa shape index (κ3) is 4.43. The van der Waals surface area contributed by atoms with Crippen molar-refractivity contribution in [3.63, 3.8) is 0 Å². The molecule has 34 heavy (non-hydrogen) atoms. The summed E-state index contributed by atoms with van der Waals surface area (Å²) in [5.74, 6) is 0.253. The highest BCUT2D eigenvalue weighted by atomic mass is 35.5. The van der Waals surface area contributed by atoms with Crippen LogP contribution in [0.3, 0.4) is 0 Å². The molecule has 0 aliphatic carbocycles. The van der Waals surface area contributed by atoms with Crippen molar-refractivity contribution in [1.82, 2.24) is 15.4 Å². The van der Waals surface area contributed by atoms with E-state index in [-0.39, 0.29) is 11.9 Å². The molecule has 178 valence electrons. The molecule has 1 fully saturated rings. The van der Waals surface area contributed by atoms with Gasteiger partial charge in [0, 0.05) is 44.5 Å². The fourth-order valence-corrected chi connectivity index (χ4v) is 5.12. The molecular formula is C26H29ClN4O3. The molecule has 1 N–H and O–H groups in total. The van der Waals surface area contributed by atoms with Crippen molar-refractivity contribution < 1.29 is 14.1 Å². The van der Waals surface area contributed by atoms with E-state index < -0.39 is 0 Å². The van der Waals surface area contributed by atoms with E-state index >= 15 is 0 Å². The number of morpholine rings is 1. The molecule has 1 aromatic heterocycles. The van der Waals surface area contributed by atoms with E-state index in [0.717, 1.165) is 26.1 Å². The van der Waals surface area contributed by atoms with Gasteiger partial charge in [-0.3, -0.25) is 9.69 Å². The van der Waals surface area contributed by atoms with E-state index in [1.54, 1.807) is 13.0 Å². The number of hydrogen-bond acceptors (Lipinski definition) is 6. The van der Waals surface area contributed by atoms with Gasteiger partial charge in [0.15, 0.2) is 0 Å². The standard InChI is InChI=1S/C26H29ClN4O3/c1-17-24(25(29-34-17)20-5-3-4-6-21(20)27)26(32)28-16-23(31-11-13-33-14-12-31)18-7-8-22-19(15-18)9-10-30(22)2/h3-8,15,23H,9-14,16H2,1-2H3,(H,28,32)/t23-/m1/s1. The van der Waals surface area contributed by atoms with Gasteiger partial charge in [-0.15, -0.1) is 0 Å². The number of ether oxygens (including phenoxy) is 1. The van der Waals surface area contributed by atoms with E-state index in [1.807, 2.05) is 18.2 Å². The minimum absolute atomic E-state index is 0.0491. The van der Waals surface area contributed by atoms with Crippen LogP contribution in [-0.2, 0) is 11.2 Å². The second-order valence-corrected chi connectivity index (χ2v) is 9.28. The molecule has 8 heteroatoms. The van der Waals surface area contributed by atoms with Gasteiger partial charge in [-0.05, 0) is 36.6 Å². The lowest BCUT2D eigenvalue weighted by Gasteiger charge is -2.35. The highest BCUT2D eigenvalue weighted by Crippen LogP contribution is 2.33. The van der Waals surface area contributed by atoms with Gasteiger partial charge in [0.1, 0.15) is 17.0 Å². The molecule has 2 aliphatic heterocycles. The fraction of sp³-hybridized carbons (Fsp3) is 0.385. The van der Waals surface area contributed by atoms with Crippen molar-refractivity contribution >= 4 is 23.2 Å². The maximum Gasteiger partial charge on any atom is 0.257 e. The molecule has 0 unspecified atom stereocenters. The number of likely N-dealkylation sites (N-methyl/N-ethyl adjacent to an activating group) is 1. The Labute approximate surface area is 204 Å². The fourth-order valence-electron chi connectivity index (χ4n) is 4.90. The Morgan fingerprint density at radius 1 is 1.18 bits per heavy atom. The predicted molar refractivity (Wildman–Crippen MR) is 133 cm³/mol. The summed E-state index contributed by atoms with van der Waals surface area (Å²) >= 11 is 6.38. The third-order valence-electron chi connectivity index (χ3n) is 6.78. The van der Waals surface area contributed by atoms with Crippen molar-refractivity contribution in [2.24, 2.45) is 0 Å². The Bertz CT molecular complexity index is 1190. The van der Waals surface area contributed by atoms with Gasteiger partial charge in [0.2, 0.25) is 0 Å². The van der Waals surface area contributed by atoms with Crippen LogP contribution in [0.25, 0.3) is 11.3 Å². The summed E-state index contributed by atoms with van der Waals surface area (Å²) in [5, 5.41) is 7.82. The Balaban J connectivity index is 1.40. The van der Waals surface area contributed by atoms with Gasteiger partial charge in [-0.25, -0.2) is 0 Å². The van der Waals surface area contributed by atoms with E-state index in [0.29, 0.717) is 47.4 Å². The number of anilines is 1. The van der Waals surface area contributed by atoms with Crippen molar-refractivity contribution in [2.45, 2.75) is 19.4 Å². The molecule has 7 nitrogen and oxygen atoms in total. The monoisotopic (exact) mass is 480 g/mol. The zero-order chi connectivity index (χ0) is 23.7. The SMILES string of the molecule is Cc1onc(-c2ccccc2Cl)c1C(=O)NC[C@H](c1ccc2c(c1)CCN2C)N1CCOCC1. The van der Waals surface area contributed by atoms with E-state index in [4.69, 9.17) is 20.9 Å². The number of amides is 1. The first-order chi connectivity index (χ1) is 16.5. The molecule has 0 bridgehead atoms. The highest BCUT2D eigenvalue weighted by Gasteiger charge is 2.28. The third-order valence-corrected chi connectivity index (χ3v) is 7.11.